The van der Waals surface area contributed by atoms with Crippen molar-refractivity contribution in [1.82, 2.24) is 10.3 Å². The molecular weight excluding hydrogens is 531 g/mol. The van der Waals surface area contributed by atoms with Crippen LogP contribution < -0.4 is 20.1 Å². The molecule has 30 heavy (non-hydrogen) atoms. The highest BCUT2D eigenvalue weighted by atomic mass is 127. The number of guanidine groups is 1. The lowest BCUT2D eigenvalue weighted by Gasteiger charge is -2.14. The molecule has 0 spiro atoms. The number of thiophene rings is 1. The zero-order valence-corrected chi connectivity index (χ0v) is 20.7. The molecule has 4 rings (SSSR count). The van der Waals surface area contributed by atoms with Gasteiger partial charge in [-0.25, -0.2) is 9.98 Å². The maximum atomic E-state index is 5.80. The standard InChI is InChI=1S/C21H24N4O2S2.HI/c1-15-20(29-14-24-15)13-23-21(22-8-7-17-4-2-11-28-17)25-16-5-6-18-19(12-16)27-10-3-9-26-18;/h2,4-6,11-12,14H,3,7-10,13H2,1H3,(H2,22,23,25);1H. The van der Waals surface area contributed by atoms with Gasteiger partial charge in [0.15, 0.2) is 17.5 Å². The SMILES string of the molecule is Cc1ncsc1CN=C(NCCc1cccs1)Nc1ccc2c(c1)OCCCO2.I. The van der Waals surface area contributed by atoms with Crippen LogP contribution in [0.25, 0.3) is 0 Å². The van der Waals surface area contributed by atoms with Crippen molar-refractivity contribution in [3.8, 4) is 11.5 Å². The molecule has 0 aliphatic carbocycles. The first-order valence-corrected chi connectivity index (χ1v) is 11.4. The number of hydrogen-bond donors (Lipinski definition) is 2. The van der Waals surface area contributed by atoms with Crippen LogP contribution in [-0.4, -0.2) is 30.7 Å². The van der Waals surface area contributed by atoms with Gasteiger partial charge < -0.3 is 20.1 Å². The van der Waals surface area contributed by atoms with Crippen LogP contribution in [0.3, 0.4) is 0 Å². The third-order valence-electron chi connectivity index (χ3n) is 4.48. The molecule has 0 unspecified atom stereocenters. The van der Waals surface area contributed by atoms with Gasteiger partial charge in [0, 0.05) is 34.5 Å². The maximum absolute atomic E-state index is 5.80. The van der Waals surface area contributed by atoms with Crippen molar-refractivity contribution in [2.45, 2.75) is 26.3 Å². The van der Waals surface area contributed by atoms with Gasteiger partial charge in [-0.15, -0.1) is 46.7 Å². The van der Waals surface area contributed by atoms with Gasteiger partial charge in [0.2, 0.25) is 0 Å². The number of aliphatic imine (C=N–C) groups is 1. The van der Waals surface area contributed by atoms with Gasteiger partial charge in [-0.3, -0.25) is 0 Å². The van der Waals surface area contributed by atoms with E-state index in [1.807, 2.05) is 30.6 Å². The van der Waals surface area contributed by atoms with E-state index in [1.165, 1.54) is 9.75 Å². The number of aryl methyl sites for hydroxylation is 1. The average molecular weight is 556 g/mol. The van der Waals surface area contributed by atoms with Crippen molar-refractivity contribution in [2.24, 2.45) is 4.99 Å². The monoisotopic (exact) mass is 556 g/mol. The van der Waals surface area contributed by atoms with Crippen LogP contribution >= 0.6 is 46.7 Å². The summed E-state index contributed by atoms with van der Waals surface area (Å²) >= 11 is 3.40. The second-order valence-electron chi connectivity index (χ2n) is 6.62. The second-order valence-corrected chi connectivity index (χ2v) is 8.59. The number of thiazole rings is 1. The zero-order valence-electron chi connectivity index (χ0n) is 16.7. The molecule has 1 aliphatic rings. The molecule has 0 atom stereocenters. The summed E-state index contributed by atoms with van der Waals surface area (Å²) in [6, 6.07) is 10.1. The summed E-state index contributed by atoms with van der Waals surface area (Å²) in [7, 11) is 0. The molecule has 0 fully saturated rings. The molecule has 2 aromatic heterocycles. The van der Waals surface area contributed by atoms with E-state index in [0.29, 0.717) is 19.8 Å². The third kappa shape index (κ3) is 6.32. The number of ether oxygens (including phenoxy) is 2. The molecule has 1 aliphatic heterocycles. The Morgan fingerprint density at radius 2 is 2.03 bits per heavy atom. The third-order valence-corrected chi connectivity index (χ3v) is 6.34. The molecule has 2 N–H and O–H groups in total. The molecule has 0 saturated carbocycles. The van der Waals surface area contributed by atoms with Crippen molar-refractivity contribution in [3.63, 3.8) is 0 Å². The lowest BCUT2D eigenvalue weighted by Crippen LogP contribution is -2.32. The van der Waals surface area contributed by atoms with Crippen LogP contribution in [0.1, 0.15) is 21.9 Å². The van der Waals surface area contributed by atoms with Crippen molar-refractivity contribution >= 4 is 58.3 Å². The average Bonchev–Trinajstić information content (AvgIpc) is 3.32. The van der Waals surface area contributed by atoms with Gasteiger partial charge in [0.1, 0.15) is 0 Å². The summed E-state index contributed by atoms with van der Waals surface area (Å²) in [4.78, 5) is 11.6. The predicted molar refractivity (Wildman–Crippen MR) is 135 cm³/mol. The fraction of sp³-hybridized carbons (Fsp3) is 0.333. The van der Waals surface area contributed by atoms with Gasteiger partial charge in [-0.2, -0.15) is 0 Å². The van der Waals surface area contributed by atoms with E-state index in [2.05, 4.69) is 33.1 Å². The molecule has 0 saturated heterocycles. The first kappa shape index (κ1) is 22.8. The molecule has 9 heteroatoms. The largest absolute Gasteiger partial charge is 0.490 e. The minimum atomic E-state index is 0. The van der Waals surface area contributed by atoms with E-state index in [0.717, 1.165) is 48.2 Å². The van der Waals surface area contributed by atoms with E-state index in [-0.39, 0.29) is 24.0 Å². The molecule has 1 aromatic carbocycles. The highest BCUT2D eigenvalue weighted by Crippen LogP contribution is 2.32. The number of fused-ring (bicyclic) bond motifs is 1. The highest BCUT2D eigenvalue weighted by Gasteiger charge is 2.12. The number of anilines is 1. The van der Waals surface area contributed by atoms with Crippen LogP contribution in [-0.2, 0) is 13.0 Å². The predicted octanol–water partition coefficient (Wildman–Crippen LogP) is 5.09. The Balaban J connectivity index is 0.00000256. The molecule has 0 radical (unpaired) electrons. The highest BCUT2D eigenvalue weighted by molar-refractivity contribution is 14.0. The number of benzene rings is 1. The Morgan fingerprint density at radius 3 is 2.80 bits per heavy atom. The molecular formula is C21H25IN4O2S2. The number of halogens is 1. The summed E-state index contributed by atoms with van der Waals surface area (Å²) < 4.78 is 11.5. The number of nitrogens with zero attached hydrogens (tertiary/aromatic N) is 2. The Morgan fingerprint density at radius 1 is 1.17 bits per heavy atom. The van der Waals surface area contributed by atoms with Crippen LogP contribution in [0.2, 0.25) is 0 Å². The fourth-order valence-electron chi connectivity index (χ4n) is 2.91. The summed E-state index contributed by atoms with van der Waals surface area (Å²) in [5.41, 5.74) is 3.81. The topological polar surface area (TPSA) is 67.8 Å². The van der Waals surface area contributed by atoms with Crippen molar-refractivity contribution in [1.29, 1.82) is 0 Å². The smallest absolute Gasteiger partial charge is 0.196 e. The first-order valence-electron chi connectivity index (χ1n) is 9.64. The second kappa shape index (κ2) is 11.5. The number of nitrogens with one attached hydrogen (secondary N) is 2. The zero-order chi connectivity index (χ0) is 19.9. The van der Waals surface area contributed by atoms with E-state index >= 15 is 0 Å². The van der Waals surface area contributed by atoms with Crippen molar-refractivity contribution in [3.05, 3.63) is 56.7 Å². The lowest BCUT2D eigenvalue weighted by molar-refractivity contribution is 0.297. The summed E-state index contributed by atoms with van der Waals surface area (Å²) in [6.45, 7) is 4.77. The van der Waals surface area contributed by atoms with E-state index in [9.17, 15) is 0 Å². The van der Waals surface area contributed by atoms with Crippen molar-refractivity contribution in [2.75, 3.05) is 25.1 Å². The van der Waals surface area contributed by atoms with E-state index in [1.54, 1.807) is 22.7 Å². The quantitative estimate of drug-likeness (QED) is 0.252. The number of rotatable bonds is 6. The van der Waals surface area contributed by atoms with Gasteiger partial charge in [-0.1, -0.05) is 6.07 Å². The van der Waals surface area contributed by atoms with Crippen molar-refractivity contribution < 1.29 is 9.47 Å². The van der Waals surface area contributed by atoms with Crippen LogP contribution in [0.4, 0.5) is 5.69 Å². The molecule has 6 nitrogen and oxygen atoms in total. The molecule has 160 valence electrons. The van der Waals surface area contributed by atoms with Crippen LogP contribution in [0, 0.1) is 6.92 Å². The molecule has 3 aromatic rings. The van der Waals surface area contributed by atoms with Gasteiger partial charge in [0.05, 0.1) is 31.0 Å². The van der Waals surface area contributed by atoms with Gasteiger partial charge in [0.25, 0.3) is 0 Å². The summed E-state index contributed by atoms with van der Waals surface area (Å²) in [5.74, 6) is 2.30. The van der Waals surface area contributed by atoms with Gasteiger partial charge >= 0.3 is 0 Å². The van der Waals surface area contributed by atoms with E-state index < -0.39 is 0 Å². The Labute approximate surface area is 201 Å². The Hall–Kier alpha value is -1.85. The van der Waals surface area contributed by atoms with Crippen LogP contribution in [0.15, 0.2) is 46.2 Å². The summed E-state index contributed by atoms with van der Waals surface area (Å²) in [5, 5.41) is 8.95. The summed E-state index contributed by atoms with van der Waals surface area (Å²) in [6.07, 6.45) is 1.85. The Kier molecular flexibility index (Phi) is 8.76. The number of hydrogen-bond acceptors (Lipinski definition) is 6. The minimum Gasteiger partial charge on any atom is -0.490 e. The molecule has 3 heterocycles. The molecule has 0 amide bonds. The number of aromatic nitrogens is 1. The first-order chi connectivity index (χ1) is 14.3. The Bertz CT molecular complexity index is 960. The molecule has 0 bridgehead atoms. The van der Waals surface area contributed by atoms with E-state index in [4.69, 9.17) is 14.5 Å². The van der Waals surface area contributed by atoms with Crippen LogP contribution in [0.5, 0.6) is 11.5 Å². The normalized spacial score (nSPS) is 13.3. The lowest BCUT2D eigenvalue weighted by atomic mass is 10.2. The minimum absolute atomic E-state index is 0. The van der Waals surface area contributed by atoms with Gasteiger partial charge in [-0.05, 0) is 36.9 Å². The maximum Gasteiger partial charge on any atom is 0.196 e. The fourth-order valence-corrected chi connectivity index (χ4v) is 4.31.